The molecule has 0 aromatic carbocycles. The van der Waals surface area contributed by atoms with Crippen LogP contribution in [0.5, 0.6) is 0 Å². The molecule has 0 aliphatic heterocycles. The number of carbonyl (C=O) groups excluding carboxylic acids is 1. The summed E-state index contributed by atoms with van der Waals surface area (Å²) in [5, 5.41) is 25.2. The number of hydrogen-bond acceptors (Lipinski definition) is 3. The van der Waals surface area contributed by atoms with E-state index in [0.717, 1.165) is 0 Å². The van der Waals surface area contributed by atoms with Crippen LogP contribution in [0.2, 0.25) is 0 Å². The minimum absolute atomic E-state index is 0.347. The van der Waals surface area contributed by atoms with Gasteiger partial charge < -0.3 is 15.5 Å². The van der Waals surface area contributed by atoms with Crippen molar-refractivity contribution in [2.24, 2.45) is 0 Å². The van der Waals surface area contributed by atoms with Crippen LogP contribution >= 0.6 is 0 Å². The van der Waals surface area contributed by atoms with Gasteiger partial charge in [0, 0.05) is 0 Å². The number of ketones is 1. The second kappa shape index (κ2) is 2.54. The summed E-state index contributed by atoms with van der Waals surface area (Å²) in [6.07, 6.45) is -1.75. The molecule has 2 N–H and O–H groups in total. The molecule has 7 heavy (non-hydrogen) atoms. The molecule has 0 aromatic heterocycles. The Balaban J connectivity index is 3.56. The maximum atomic E-state index is 9.21. The Labute approximate surface area is 40.3 Å². The monoisotopic (exact) mass is 106 g/mol. The van der Waals surface area contributed by atoms with Gasteiger partial charge in [0.2, 0.25) is 0 Å². The van der Waals surface area contributed by atoms with E-state index < -0.39 is 6.29 Å². The van der Waals surface area contributed by atoms with E-state index >= 15 is 0 Å². The van der Waals surface area contributed by atoms with Crippen LogP contribution in [0, 0.1) is 0 Å². The Morgan fingerprint density at radius 1 is 1.71 bits per heavy atom. The molecule has 0 saturated heterocycles. The summed E-state index contributed by atoms with van der Waals surface area (Å²) < 4.78 is 3.18. The van der Waals surface area contributed by atoms with Gasteiger partial charge in [-0.2, -0.15) is 4.58 Å². The first-order valence-electron chi connectivity index (χ1n) is 1.68. The summed E-state index contributed by atoms with van der Waals surface area (Å²) >= 11 is 0. The quantitative estimate of drug-likeness (QED) is 0.171. The largest absolute Gasteiger partial charge is 0.463 e. The van der Waals surface area contributed by atoms with E-state index in [-0.39, 0.29) is 5.78 Å². The standard InChI is InChI=1S/C3H6O4/c1-2(7-6)3(4)5/h3-5H,1H3. The van der Waals surface area contributed by atoms with Gasteiger partial charge in [-0.05, 0) is 0 Å². The average molecular weight is 106 g/mol. The van der Waals surface area contributed by atoms with Crippen molar-refractivity contribution in [3.63, 3.8) is 0 Å². The zero-order chi connectivity index (χ0) is 5.86. The number of aliphatic hydroxyl groups excluding tert-OH is 1. The predicted octanol–water partition coefficient (Wildman–Crippen LogP) is -2.30. The van der Waals surface area contributed by atoms with Gasteiger partial charge in [0.25, 0.3) is 6.29 Å². The molecule has 0 aromatic rings. The highest BCUT2D eigenvalue weighted by Gasteiger charge is 2.11. The van der Waals surface area contributed by atoms with Gasteiger partial charge in [-0.25, -0.2) is 0 Å². The van der Waals surface area contributed by atoms with Gasteiger partial charge in [-0.15, -0.1) is 0 Å². The Hall–Kier alpha value is -0.610. The molecule has 0 unspecified atom stereocenters. The molecule has 42 valence electrons. The molecule has 0 spiro atoms. The second-order valence-corrected chi connectivity index (χ2v) is 1.07. The number of rotatable bonds is 1. The van der Waals surface area contributed by atoms with E-state index in [1.807, 2.05) is 0 Å². The van der Waals surface area contributed by atoms with Crippen molar-refractivity contribution in [1.82, 2.24) is 0 Å². The zero-order valence-electron chi connectivity index (χ0n) is 3.79. The third-order valence-electron chi connectivity index (χ3n) is 0.495. The topological polar surface area (TPSA) is 74.8 Å². The van der Waals surface area contributed by atoms with E-state index in [1.54, 1.807) is 0 Å². The molecule has 0 rings (SSSR count). The van der Waals surface area contributed by atoms with Crippen molar-refractivity contribution in [3.8, 4) is 0 Å². The number of aliphatic hydroxyl groups is 2. The van der Waals surface area contributed by atoms with E-state index in [0.29, 0.717) is 0 Å². The maximum Gasteiger partial charge on any atom is 0.381 e. The highest BCUT2D eigenvalue weighted by Crippen LogP contribution is 1.73. The van der Waals surface area contributed by atoms with Gasteiger partial charge in [-0.1, -0.05) is 0 Å². The molecule has 0 amide bonds. The van der Waals surface area contributed by atoms with Gasteiger partial charge in [0.05, 0.1) is 6.92 Å². The molecule has 4 nitrogen and oxygen atoms in total. The van der Waals surface area contributed by atoms with E-state index in [2.05, 4.69) is 4.58 Å². The Morgan fingerprint density at radius 2 is 2.14 bits per heavy atom. The van der Waals surface area contributed by atoms with Crippen LogP contribution in [-0.4, -0.2) is 22.3 Å². The normalized spacial score (nSPS) is 12.9. The summed E-state index contributed by atoms with van der Waals surface area (Å²) in [4.78, 5) is 0. The Morgan fingerprint density at radius 3 is 2.14 bits per heavy atom. The fourth-order valence-electron chi connectivity index (χ4n) is 0.0430. The molecule has 0 bridgehead atoms. The molecular weight excluding hydrogens is 100 g/mol. The lowest BCUT2D eigenvalue weighted by molar-refractivity contribution is -1.05. The van der Waals surface area contributed by atoms with Gasteiger partial charge >= 0.3 is 5.78 Å². The summed E-state index contributed by atoms with van der Waals surface area (Å²) in [5.41, 5.74) is 0. The predicted molar refractivity (Wildman–Crippen MR) is 18.9 cm³/mol. The highest BCUT2D eigenvalue weighted by molar-refractivity contribution is 5.78. The fourth-order valence-corrected chi connectivity index (χ4v) is 0.0430. The van der Waals surface area contributed by atoms with Crippen molar-refractivity contribution in [3.05, 3.63) is 0 Å². The third-order valence-corrected chi connectivity index (χ3v) is 0.495. The minimum atomic E-state index is -1.75. The van der Waals surface area contributed by atoms with E-state index in [1.165, 1.54) is 6.92 Å². The van der Waals surface area contributed by atoms with E-state index in [9.17, 15) is 5.26 Å². The van der Waals surface area contributed by atoms with Crippen molar-refractivity contribution in [1.29, 1.82) is 0 Å². The Bertz CT molecular complexity index is 75.0. The van der Waals surface area contributed by atoms with Crippen LogP contribution in [0.25, 0.3) is 0 Å². The van der Waals surface area contributed by atoms with Crippen LogP contribution in [0.1, 0.15) is 6.92 Å². The van der Waals surface area contributed by atoms with Crippen LogP contribution in [-0.2, 0) is 4.58 Å². The summed E-state index contributed by atoms with van der Waals surface area (Å²) in [5.74, 6) is -0.347. The molecule has 0 radical (unpaired) electrons. The SMILES string of the molecule is CC(=[O+][O-])C(O)O. The molecule has 0 aliphatic rings. The van der Waals surface area contributed by atoms with Crippen LogP contribution in [0.3, 0.4) is 0 Å². The van der Waals surface area contributed by atoms with Crippen molar-refractivity contribution >= 4 is 5.78 Å². The smallest absolute Gasteiger partial charge is 0.381 e. The van der Waals surface area contributed by atoms with E-state index in [4.69, 9.17) is 10.2 Å². The highest BCUT2D eigenvalue weighted by atomic mass is 17.1. The first-order chi connectivity index (χ1) is 3.18. The van der Waals surface area contributed by atoms with Crippen LogP contribution in [0.15, 0.2) is 0 Å². The lowest BCUT2D eigenvalue weighted by atomic mass is 10.4. The molecule has 0 atom stereocenters. The van der Waals surface area contributed by atoms with Crippen molar-refractivity contribution in [2.45, 2.75) is 13.2 Å². The average Bonchev–Trinajstić information content (AvgIpc) is 1.65. The van der Waals surface area contributed by atoms with Crippen molar-refractivity contribution < 1.29 is 20.0 Å². The molecular formula is C3H6O4. The first kappa shape index (κ1) is 6.39. The Kier molecular flexibility index (Phi) is 2.32. The van der Waals surface area contributed by atoms with Crippen molar-refractivity contribution in [2.75, 3.05) is 0 Å². The summed E-state index contributed by atoms with van der Waals surface area (Å²) in [7, 11) is 0. The molecule has 4 heteroatoms. The minimum Gasteiger partial charge on any atom is -0.463 e. The molecule has 0 aliphatic carbocycles. The maximum absolute atomic E-state index is 9.21. The van der Waals surface area contributed by atoms with Gasteiger partial charge in [0.15, 0.2) is 0 Å². The molecule has 0 fully saturated rings. The van der Waals surface area contributed by atoms with Gasteiger partial charge in [-0.3, -0.25) is 0 Å². The first-order valence-corrected chi connectivity index (χ1v) is 1.68. The second-order valence-electron chi connectivity index (χ2n) is 1.07. The molecule has 0 saturated carbocycles. The number of hydrogen-bond donors (Lipinski definition) is 2. The summed E-state index contributed by atoms with van der Waals surface area (Å²) in [6.45, 7) is 1.18. The van der Waals surface area contributed by atoms with Crippen LogP contribution in [0.4, 0.5) is 0 Å². The summed E-state index contributed by atoms with van der Waals surface area (Å²) in [6, 6.07) is 0. The van der Waals surface area contributed by atoms with Crippen LogP contribution < -0.4 is 5.26 Å². The fraction of sp³-hybridized carbons (Fsp3) is 0.667. The van der Waals surface area contributed by atoms with Gasteiger partial charge in [0.1, 0.15) is 0 Å². The zero-order valence-corrected chi connectivity index (χ0v) is 3.79. The lowest BCUT2D eigenvalue weighted by Crippen LogP contribution is -2.21. The third kappa shape index (κ3) is 2.13. The lowest BCUT2D eigenvalue weighted by Gasteiger charge is -1.87. The molecule has 0 heterocycles.